The zero-order valence-electron chi connectivity index (χ0n) is 9.53. The van der Waals surface area contributed by atoms with E-state index in [-0.39, 0.29) is 17.7 Å². The van der Waals surface area contributed by atoms with Gasteiger partial charge in [-0.2, -0.15) is 0 Å². The third kappa shape index (κ3) is 1.58. The molecular weight excluding hydrogens is 201 g/mol. The van der Waals surface area contributed by atoms with Gasteiger partial charge in [0.05, 0.1) is 5.69 Å². The van der Waals surface area contributed by atoms with E-state index >= 15 is 0 Å². The second kappa shape index (κ2) is 3.85. The standard InChI is InChI=1S/C12H14BNO2/c1-7-3-4-9-11(14(7)8(2)15)6-5-10(13)12(9)16/h5-7,16H,3-4H2,1-2H3/t7-/m0/s1. The first-order chi connectivity index (χ1) is 7.52. The fraction of sp³-hybridized carbons (Fsp3) is 0.417. The van der Waals surface area contributed by atoms with Crippen LogP contribution in [0.1, 0.15) is 25.8 Å². The molecule has 0 unspecified atom stereocenters. The lowest BCUT2D eigenvalue weighted by molar-refractivity contribution is -0.117. The number of amides is 1. The van der Waals surface area contributed by atoms with Gasteiger partial charge in [-0.05, 0) is 25.8 Å². The van der Waals surface area contributed by atoms with Gasteiger partial charge in [-0.25, -0.2) is 0 Å². The molecule has 0 spiro atoms. The Morgan fingerprint density at radius 2 is 2.25 bits per heavy atom. The van der Waals surface area contributed by atoms with Gasteiger partial charge in [0.25, 0.3) is 0 Å². The van der Waals surface area contributed by atoms with Crippen molar-refractivity contribution in [1.29, 1.82) is 0 Å². The summed E-state index contributed by atoms with van der Waals surface area (Å²) in [6.07, 6.45) is 1.61. The summed E-state index contributed by atoms with van der Waals surface area (Å²) in [5.74, 6) is 0.119. The Bertz CT molecular complexity index is 445. The first kappa shape index (κ1) is 11.1. The number of benzene rings is 1. The monoisotopic (exact) mass is 215 g/mol. The molecule has 3 nitrogen and oxygen atoms in total. The van der Waals surface area contributed by atoms with Crippen LogP contribution in [0.5, 0.6) is 5.75 Å². The molecule has 1 aliphatic rings. The van der Waals surface area contributed by atoms with Gasteiger partial charge in [-0.15, -0.1) is 0 Å². The van der Waals surface area contributed by atoms with E-state index in [9.17, 15) is 9.90 Å². The summed E-state index contributed by atoms with van der Waals surface area (Å²) in [6.45, 7) is 3.55. The van der Waals surface area contributed by atoms with Crippen LogP contribution in [0.3, 0.4) is 0 Å². The lowest BCUT2D eigenvalue weighted by atomic mass is 9.87. The van der Waals surface area contributed by atoms with Crippen molar-refractivity contribution in [2.45, 2.75) is 32.7 Å². The number of carbonyl (C=O) groups is 1. The van der Waals surface area contributed by atoms with Crippen LogP contribution in [0, 0.1) is 0 Å². The molecule has 1 atom stereocenters. The van der Waals surface area contributed by atoms with Crippen LogP contribution >= 0.6 is 0 Å². The van der Waals surface area contributed by atoms with Crippen molar-refractivity contribution in [3.63, 3.8) is 0 Å². The number of hydrogen-bond donors (Lipinski definition) is 1. The number of phenols is 1. The van der Waals surface area contributed by atoms with Gasteiger partial charge in [-0.3, -0.25) is 4.79 Å². The molecule has 1 aromatic carbocycles. The molecule has 2 rings (SSSR count). The number of nitrogens with zero attached hydrogens (tertiary/aromatic N) is 1. The van der Waals surface area contributed by atoms with Crippen molar-refractivity contribution >= 4 is 24.9 Å². The highest BCUT2D eigenvalue weighted by atomic mass is 16.3. The first-order valence-corrected chi connectivity index (χ1v) is 5.42. The van der Waals surface area contributed by atoms with E-state index in [2.05, 4.69) is 0 Å². The number of phenolic OH excluding ortho intramolecular Hbond substituents is 1. The molecule has 16 heavy (non-hydrogen) atoms. The SMILES string of the molecule is [B]c1ccc2c(c1O)CC[C@H](C)N2C(C)=O. The molecule has 1 amide bonds. The summed E-state index contributed by atoms with van der Waals surface area (Å²) in [4.78, 5) is 13.3. The zero-order chi connectivity index (χ0) is 11.9. The van der Waals surface area contributed by atoms with Crippen LogP contribution in [0.15, 0.2) is 12.1 Å². The minimum atomic E-state index is -0.00220. The highest BCUT2D eigenvalue weighted by Gasteiger charge is 2.27. The van der Waals surface area contributed by atoms with Crippen LogP contribution in [0.25, 0.3) is 0 Å². The summed E-state index contributed by atoms with van der Waals surface area (Å²) in [7, 11) is 5.65. The molecule has 0 fully saturated rings. The molecule has 4 heteroatoms. The fourth-order valence-electron chi connectivity index (χ4n) is 2.32. The van der Waals surface area contributed by atoms with E-state index in [4.69, 9.17) is 7.85 Å². The molecule has 1 aromatic rings. The van der Waals surface area contributed by atoms with Gasteiger partial charge in [0.1, 0.15) is 13.6 Å². The van der Waals surface area contributed by atoms with Crippen LogP contribution < -0.4 is 10.4 Å². The largest absolute Gasteiger partial charge is 0.508 e. The molecule has 2 radical (unpaired) electrons. The van der Waals surface area contributed by atoms with E-state index in [1.54, 1.807) is 24.0 Å². The summed E-state index contributed by atoms with van der Waals surface area (Å²) in [6, 6.07) is 3.62. The van der Waals surface area contributed by atoms with E-state index in [0.717, 1.165) is 24.1 Å². The summed E-state index contributed by atoms with van der Waals surface area (Å²) >= 11 is 0. The van der Waals surface area contributed by atoms with E-state index in [1.807, 2.05) is 6.92 Å². The van der Waals surface area contributed by atoms with Gasteiger partial charge in [0, 0.05) is 18.5 Å². The maximum atomic E-state index is 11.6. The van der Waals surface area contributed by atoms with Crippen molar-refractivity contribution in [3.8, 4) is 5.75 Å². The van der Waals surface area contributed by atoms with Crippen LogP contribution in [-0.4, -0.2) is 24.9 Å². The van der Waals surface area contributed by atoms with E-state index < -0.39 is 0 Å². The second-order valence-electron chi connectivity index (χ2n) is 4.28. The Morgan fingerprint density at radius 1 is 1.56 bits per heavy atom. The molecule has 1 aliphatic heterocycles. The van der Waals surface area contributed by atoms with Crippen LogP contribution in [0.4, 0.5) is 5.69 Å². The maximum absolute atomic E-state index is 11.6. The smallest absolute Gasteiger partial charge is 0.224 e. The molecule has 0 aliphatic carbocycles. The van der Waals surface area contributed by atoms with E-state index in [1.165, 1.54) is 0 Å². The lowest BCUT2D eigenvalue weighted by Gasteiger charge is -2.35. The summed E-state index contributed by atoms with van der Waals surface area (Å²) in [5.41, 5.74) is 1.95. The van der Waals surface area contributed by atoms with Crippen molar-refractivity contribution in [2.24, 2.45) is 0 Å². The highest BCUT2D eigenvalue weighted by Crippen LogP contribution is 2.34. The molecule has 1 heterocycles. The topological polar surface area (TPSA) is 40.5 Å². The number of carbonyl (C=O) groups excluding carboxylic acids is 1. The quantitative estimate of drug-likeness (QED) is 0.652. The maximum Gasteiger partial charge on any atom is 0.224 e. The van der Waals surface area contributed by atoms with Gasteiger partial charge in [0.2, 0.25) is 5.91 Å². The predicted octanol–water partition coefficient (Wildman–Crippen LogP) is 0.874. The van der Waals surface area contributed by atoms with Gasteiger partial charge >= 0.3 is 0 Å². The third-order valence-electron chi connectivity index (χ3n) is 3.14. The van der Waals surface area contributed by atoms with Crippen molar-refractivity contribution < 1.29 is 9.90 Å². The number of fused-ring (bicyclic) bond motifs is 1. The molecular formula is C12H14BNO2. The molecule has 1 N–H and O–H groups in total. The highest BCUT2D eigenvalue weighted by molar-refractivity contribution is 6.34. The summed E-state index contributed by atoms with van der Waals surface area (Å²) < 4.78 is 0. The Hall–Kier alpha value is -1.45. The van der Waals surface area contributed by atoms with Gasteiger partial charge in [0.15, 0.2) is 0 Å². The van der Waals surface area contributed by atoms with Crippen LogP contribution in [0.2, 0.25) is 0 Å². The Balaban J connectivity index is 2.57. The van der Waals surface area contributed by atoms with Crippen LogP contribution in [-0.2, 0) is 11.2 Å². The Labute approximate surface area is 96.5 Å². The number of aromatic hydroxyl groups is 1. The number of anilines is 1. The first-order valence-electron chi connectivity index (χ1n) is 5.42. The van der Waals surface area contributed by atoms with Crippen molar-refractivity contribution in [1.82, 2.24) is 0 Å². The number of rotatable bonds is 0. The predicted molar refractivity (Wildman–Crippen MR) is 64.4 cm³/mol. The molecule has 0 saturated carbocycles. The lowest BCUT2D eigenvalue weighted by Crippen LogP contribution is -2.41. The normalized spacial score (nSPS) is 19.4. The van der Waals surface area contributed by atoms with Gasteiger partial charge < -0.3 is 10.0 Å². The Morgan fingerprint density at radius 3 is 2.88 bits per heavy atom. The average molecular weight is 215 g/mol. The number of hydrogen-bond acceptors (Lipinski definition) is 2. The third-order valence-corrected chi connectivity index (χ3v) is 3.14. The zero-order valence-corrected chi connectivity index (χ0v) is 9.53. The van der Waals surface area contributed by atoms with E-state index in [0.29, 0.717) is 5.46 Å². The van der Waals surface area contributed by atoms with Crippen molar-refractivity contribution in [3.05, 3.63) is 17.7 Å². The van der Waals surface area contributed by atoms with Crippen molar-refractivity contribution in [2.75, 3.05) is 4.90 Å². The van der Waals surface area contributed by atoms with Gasteiger partial charge in [-0.1, -0.05) is 11.5 Å². The Kier molecular flexibility index (Phi) is 2.66. The minimum absolute atomic E-state index is 0.00220. The molecule has 0 aromatic heterocycles. The molecule has 0 bridgehead atoms. The molecule has 82 valence electrons. The average Bonchev–Trinajstić information content (AvgIpc) is 2.22. The second-order valence-corrected chi connectivity index (χ2v) is 4.28. The minimum Gasteiger partial charge on any atom is -0.508 e. The molecule has 0 saturated heterocycles. The summed E-state index contributed by atoms with van der Waals surface area (Å²) in [5, 5.41) is 9.87. The fourth-order valence-corrected chi connectivity index (χ4v) is 2.32.